The molecule has 0 spiro atoms. The van der Waals surface area contributed by atoms with E-state index < -0.39 is 23.2 Å². The van der Waals surface area contributed by atoms with Gasteiger partial charge in [-0.2, -0.15) is 0 Å². The van der Waals surface area contributed by atoms with Gasteiger partial charge in [-0.05, 0) is 42.8 Å². The summed E-state index contributed by atoms with van der Waals surface area (Å²) in [5.41, 5.74) is 0.513. The molecule has 2 aromatic carbocycles. The number of carbonyl (C=O) groups excluding carboxylic acids is 2. The van der Waals surface area contributed by atoms with Crippen molar-refractivity contribution in [1.82, 2.24) is 10.3 Å². The predicted octanol–water partition coefficient (Wildman–Crippen LogP) is 4.22. The van der Waals surface area contributed by atoms with Gasteiger partial charge in [0.15, 0.2) is 0 Å². The molecule has 1 unspecified atom stereocenters. The Labute approximate surface area is 192 Å². The third-order valence-electron chi connectivity index (χ3n) is 6.21. The van der Waals surface area contributed by atoms with Gasteiger partial charge in [0.25, 0.3) is 0 Å². The molecule has 2 atom stereocenters. The molecule has 172 valence electrons. The molecule has 3 aliphatic rings. The maximum absolute atomic E-state index is 13.9. The second-order valence-electron chi connectivity index (χ2n) is 8.43. The van der Waals surface area contributed by atoms with Crippen LogP contribution in [0.4, 0.5) is 25.1 Å². The normalized spacial score (nSPS) is 21.4. The highest BCUT2D eigenvalue weighted by Gasteiger charge is 2.64. The van der Waals surface area contributed by atoms with Crippen LogP contribution in [-0.4, -0.2) is 23.0 Å². The van der Waals surface area contributed by atoms with E-state index in [0.29, 0.717) is 42.3 Å². The molecule has 3 amide bonds. The Hall–Kier alpha value is -4.21. The molecule has 0 saturated heterocycles. The fourth-order valence-corrected chi connectivity index (χ4v) is 4.46. The molecule has 1 saturated carbocycles. The number of amides is 3. The van der Waals surface area contributed by atoms with Crippen LogP contribution in [0.25, 0.3) is 0 Å². The van der Waals surface area contributed by atoms with Gasteiger partial charge in [-0.25, -0.2) is 18.6 Å². The molecular formula is C24H18F2N4O4. The molecule has 1 aromatic heterocycles. The van der Waals surface area contributed by atoms with Gasteiger partial charge in [0, 0.05) is 36.2 Å². The number of urea groups is 1. The highest BCUT2D eigenvalue weighted by molar-refractivity contribution is 5.93. The van der Waals surface area contributed by atoms with Crippen LogP contribution in [0.1, 0.15) is 24.0 Å². The van der Waals surface area contributed by atoms with E-state index in [1.54, 1.807) is 30.5 Å². The Morgan fingerprint density at radius 3 is 2.94 bits per heavy atom. The summed E-state index contributed by atoms with van der Waals surface area (Å²) in [4.78, 5) is 28.5. The number of hydrogen-bond donors (Lipinski definition) is 3. The molecule has 8 nitrogen and oxygen atoms in total. The van der Waals surface area contributed by atoms with Crippen molar-refractivity contribution in [3.8, 4) is 17.2 Å². The average molecular weight is 464 g/mol. The number of aromatic nitrogens is 1. The van der Waals surface area contributed by atoms with Crippen LogP contribution in [0, 0.1) is 11.6 Å². The standard InChI is InChI=1S/C24H18F2N4O4/c25-12-1-4-16(26)17(9-12)28-23(32)30-24-11-20(24)34-19-5-2-13(10-15(19)24)33-18-7-8-27-22-14(18)3-6-21(31)29-22/h1-2,4-5,7-10,20H,3,6,11H2,(H,27,29,31)(H2,28,30,32)/t20-,24?/m0/s1. The minimum Gasteiger partial charge on any atom is -0.487 e. The molecule has 10 heteroatoms. The summed E-state index contributed by atoms with van der Waals surface area (Å²) >= 11 is 0. The number of hydrogen-bond acceptors (Lipinski definition) is 5. The lowest BCUT2D eigenvalue weighted by Crippen LogP contribution is -2.39. The summed E-state index contributed by atoms with van der Waals surface area (Å²) in [5, 5.41) is 7.95. The third kappa shape index (κ3) is 3.38. The summed E-state index contributed by atoms with van der Waals surface area (Å²) in [5.74, 6) is 0.724. The van der Waals surface area contributed by atoms with Gasteiger partial charge in [-0.1, -0.05) is 0 Å². The maximum Gasteiger partial charge on any atom is 0.320 e. The maximum atomic E-state index is 13.9. The molecule has 3 N–H and O–H groups in total. The summed E-state index contributed by atoms with van der Waals surface area (Å²) in [7, 11) is 0. The van der Waals surface area contributed by atoms with Crippen LogP contribution in [0.5, 0.6) is 17.2 Å². The van der Waals surface area contributed by atoms with Gasteiger partial charge in [-0.3, -0.25) is 4.79 Å². The molecule has 0 bridgehead atoms. The van der Waals surface area contributed by atoms with Crippen molar-refractivity contribution in [2.24, 2.45) is 0 Å². The van der Waals surface area contributed by atoms with E-state index in [1.807, 2.05) is 0 Å². The average Bonchev–Trinajstić information content (AvgIpc) is 3.41. The number of halogens is 2. The van der Waals surface area contributed by atoms with Gasteiger partial charge < -0.3 is 25.4 Å². The van der Waals surface area contributed by atoms with Crippen molar-refractivity contribution in [3.05, 3.63) is 71.4 Å². The van der Waals surface area contributed by atoms with Crippen molar-refractivity contribution >= 4 is 23.4 Å². The molecule has 0 radical (unpaired) electrons. The van der Waals surface area contributed by atoms with Crippen molar-refractivity contribution < 1.29 is 27.8 Å². The largest absolute Gasteiger partial charge is 0.487 e. The quantitative estimate of drug-likeness (QED) is 0.537. The van der Waals surface area contributed by atoms with Gasteiger partial charge in [0.1, 0.15) is 46.3 Å². The molecule has 1 fully saturated rings. The Morgan fingerprint density at radius 1 is 1.18 bits per heavy atom. The Balaban J connectivity index is 1.23. The molecule has 3 heterocycles. The van der Waals surface area contributed by atoms with E-state index in [-0.39, 0.29) is 17.7 Å². The SMILES string of the molecule is O=C1CCc2c(Oc3ccc4c(c3)C3(NC(=O)Nc5cc(F)ccc5F)C[C@@H]3O4)ccnc2N1. The number of fused-ring (bicyclic) bond motifs is 4. The number of ether oxygens (including phenoxy) is 2. The minimum absolute atomic E-state index is 0.0870. The minimum atomic E-state index is -0.783. The van der Waals surface area contributed by atoms with E-state index >= 15 is 0 Å². The third-order valence-corrected chi connectivity index (χ3v) is 6.21. The van der Waals surface area contributed by atoms with E-state index in [1.165, 1.54) is 0 Å². The van der Waals surface area contributed by atoms with Crippen LogP contribution >= 0.6 is 0 Å². The molecule has 1 aliphatic carbocycles. The number of nitrogens with one attached hydrogen (secondary N) is 3. The number of anilines is 2. The number of pyridine rings is 1. The summed E-state index contributed by atoms with van der Waals surface area (Å²) in [6.07, 6.45) is 2.71. The first-order valence-corrected chi connectivity index (χ1v) is 10.7. The number of nitrogens with zero attached hydrogens (tertiary/aromatic N) is 1. The van der Waals surface area contributed by atoms with Gasteiger partial charge in [0.05, 0.1) is 5.69 Å². The lowest BCUT2D eigenvalue weighted by atomic mass is 10.0. The number of rotatable bonds is 4. The molecular weight excluding hydrogens is 446 g/mol. The van der Waals surface area contributed by atoms with E-state index in [2.05, 4.69) is 20.9 Å². The second-order valence-corrected chi connectivity index (χ2v) is 8.43. The second kappa shape index (κ2) is 7.41. The lowest BCUT2D eigenvalue weighted by Gasteiger charge is -2.20. The van der Waals surface area contributed by atoms with Crippen LogP contribution in [0.3, 0.4) is 0 Å². The summed E-state index contributed by atoms with van der Waals surface area (Å²) in [6, 6.07) is 9.21. The lowest BCUT2D eigenvalue weighted by molar-refractivity contribution is -0.116. The van der Waals surface area contributed by atoms with Gasteiger partial charge in [0.2, 0.25) is 5.91 Å². The fraction of sp³-hybridized carbons (Fsp3) is 0.208. The molecule has 2 aliphatic heterocycles. The smallest absolute Gasteiger partial charge is 0.320 e. The van der Waals surface area contributed by atoms with Crippen molar-refractivity contribution in [2.75, 3.05) is 10.6 Å². The van der Waals surface area contributed by atoms with Gasteiger partial charge >= 0.3 is 6.03 Å². The van der Waals surface area contributed by atoms with Crippen LogP contribution in [0.15, 0.2) is 48.7 Å². The highest BCUT2D eigenvalue weighted by atomic mass is 19.1. The monoisotopic (exact) mass is 464 g/mol. The van der Waals surface area contributed by atoms with E-state index in [0.717, 1.165) is 29.3 Å². The fourth-order valence-electron chi connectivity index (χ4n) is 4.46. The molecule has 6 rings (SSSR count). The predicted molar refractivity (Wildman–Crippen MR) is 117 cm³/mol. The molecule has 34 heavy (non-hydrogen) atoms. The first kappa shape index (κ1) is 20.4. The van der Waals surface area contributed by atoms with E-state index in [4.69, 9.17) is 9.47 Å². The van der Waals surface area contributed by atoms with Crippen LogP contribution in [-0.2, 0) is 16.8 Å². The zero-order valence-electron chi connectivity index (χ0n) is 17.7. The Bertz CT molecular complexity index is 1360. The Kier molecular flexibility index (Phi) is 4.44. The number of benzene rings is 2. The first-order chi connectivity index (χ1) is 16.4. The van der Waals surface area contributed by atoms with Crippen molar-refractivity contribution in [1.29, 1.82) is 0 Å². The zero-order chi connectivity index (χ0) is 23.4. The van der Waals surface area contributed by atoms with E-state index in [9.17, 15) is 18.4 Å². The Morgan fingerprint density at radius 2 is 2.06 bits per heavy atom. The van der Waals surface area contributed by atoms with Crippen LogP contribution in [0.2, 0.25) is 0 Å². The summed E-state index contributed by atoms with van der Waals surface area (Å²) < 4.78 is 39.4. The van der Waals surface area contributed by atoms with Crippen molar-refractivity contribution in [2.45, 2.75) is 30.9 Å². The van der Waals surface area contributed by atoms with Crippen LogP contribution < -0.4 is 25.4 Å². The van der Waals surface area contributed by atoms with Crippen molar-refractivity contribution in [3.63, 3.8) is 0 Å². The number of carbonyl (C=O) groups is 2. The topological polar surface area (TPSA) is 102 Å². The molecule has 3 aromatic rings. The zero-order valence-corrected chi connectivity index (χ0v) is 17.7. The first-order valence-electron chi connectivity index (χ1n) is 10.7. The highest BCUT2D eigenvalue weighted by Crippen LogP contribution is 2.58. The van der Waals surface area contributed by atoms with Gasteiger partial charge in [-0.15, -0.1) is 0 Å². The summed E-state index contributed by atoms with van der Waals surface area (Å²) in [6.45, 7) is 0.